The summed E-state index contributed by atoms with van der Waals surface area (Å²) in [5.41, 5.74) is 18.3. The number of aliphatic hydroxyl groups excluding tert-OH is 1. The number of rotatable bonds is 8. The van der Waals surface area contributed by atoms with Crippen molar-refractivity contribution >= 4 is 0 Å². The van der Waals surface area contributed by atoms with Crippen LogP contribution < -0.4 is 0 Å². The minimum atomic E-state index is -1.26. The Morgan fingerprint density at radius 1 is 0.612 bits per heavy atom. The second-order valence-corrected chi connectivity index (χ2v) is 12.9. The third-order valence-corrected chi connectivity index (χ3v) is 9.24. The van der Waals surface area contributed by atoms with Crippen LogP contribution in [0.2, 0.25) is 0 Å². The van der Waals surface area contributed by atoms with Crippen molar-refractivity contribution < 1.29 is 9.84 Å². The van der Waals surface area contributed by atoms with Crippen LogP contribution in [0.4, 0.5) is 0 Å². The van der Waals surface area contributed by atoms with Crippen molar-refractivity contribution in [1.82, 2.24) is 0 Å². The van der Waals surface area contributed by atoms with Crippen molar-refractivity contribution in [1.29, 1.82) is 0 Å². The molecule has 1 N–H and O–H groups in total. The highest BCUT2D eigenvalue weighted by Gasteiger charge is 2.59. The maximum absolute atomic E-state index is 11.4. The molecular weight excluding hydrogens is 603 g/mol. The van der Waals surface area contributed by atoms with E-state index in [0.717, 1.165) is 22.3 Å². The summed E-state index contributed by atoms with van der Waals surface area (Å²) in [6.07, 6.45) is -0.949. The number of aryl methyl sites for hydroxylation is 4. The zero-order valence-corrected chi connectivity index (χ0v) is 28.4. The summed E-state index contributed by atoms with van der Waals surface area (Å²) < 4.78 is 6.37. The molecular formula is C44H41N3O2. The van der Waals surface area contributed by atoms with E-state index in [0.29, 0.717) is 5.56 Å². The van der Waals surface area contributed by atoms with Gasteiger partial charge >= 0.3 is 0 Å². The molecule has 6 aromatic carbocycles. The zero-order chi connectivity index (χ0) is 34.4. The molecule has 1 saturated heterocycles. The summed E-state index contributed by atoms with van der Waals surface area (Å²) in [4.78, 5) is 3.13. The van der Waals surface area contributed by atoms with Gasteiger partial charge in [0.25, 0.3) is 0 Å². The van der Waals surface area contributed by atoms with Gasteiger partial charge in [0.2, 0.25) is 0 Å². The topological polar surface area (TPSA) is 81.5 Å². The molecule has 5 heteroatoms. The molecule has 244 valence electrons. The lowest BCUT2D eigenvalue weighted by molar-refractivity contribution is 0.105. The van der Waals surface area contributed by atoms with E-state index < -0.39 is 11.6 Å². The SMILES string of the molecule is Cc1cccc(C(N=[N+]=[N-])(c2cccc(C)c2)[C@@H](O)c2ccccc2)c1.Cc1cccc(C2(c3cccc(C)c3)O[C@H]2c2ccccc2)c1. The summed E-state index contributed by atoms with van der Waals surface area (Å²) in [6, 6.07) is 52.7. The van der Waals surface area contributed by atoms with Gasteiger partial charge in [-0.25, -0.2) is 0 Å². The number of benzene rings is 6. The van der Waals surface area contributed by atoms with Crippen LogP contribution in [0.5, 0.6) is 0 Å². The number of ether oxygens (including phenoxy) is 1. The molecule has 0 spiro atoms. The molecule has 1 aliphatic rings. The number of hydrogen-bond acceptors (Lipinski definition) is 3. The van der Waals surface area contributed by atoms with Gasteiger partial charge in [-0.1, -0.05) is 185 Å². The minimum Gasteiger partial charge on any atom is -0.387 e. The van der Waals surface area contributed by atoms with E-state index in [2.05, 4.69) is 96.7 Å². The second kappa shape index (κ2) is 14.3. The van der Waals surface area contributed by atoms with Gasteiger partial charge in [0.1, 0.15) is 17.2 Å². The Labute approximate surface area is 289 Å². The van der Waals surface area contributed by atoms with Crippen LogP contribution in [0, 0.1) is 27.7 Å². The van der Waals surface area contributed by atoms with Gasteiger partial charge < -0.3 is 9.84 Å². The Hall–Kier alpha value is -5.45. The first-order valence-corrected chi connectivity index (χ1v) is 16.6. The lowest BCUT2D eigenvalue weighted by Crippen LogP contribution is -2.33. The van der Waals surface area contributed by atoms with Gasteiger partial charge in [0.15, 0.2) is 0 Å². The lowest BCUT2D eigenvalue weighted by atomic mass is 9.76. The summed E-state index contributed by atoms with van der Waals surface area (Å²) in [5.74, 6) is 0. The van der Waals surface area contributed by atoms with E-state index in [1.54, 1.807) is 0 Å². The average molecular weight is 644 g/mol. The molecule has 0 amide bonds. The highest BCUT2D eigenvalue weighted by atomic mass is 16.6. The number of azide groups is 1. The Kier molecular flexibility index (Phi) is 9.80. The van der Waals surface area contributed by atoms with Crippen LogP contribution in [0.3, 0.4) is 0 Å². The van der Waals surface area contributed by atoms with Gasteiger partial charge in [-0.15, -0.1) is 0 Å². The minimum absolute atomic E-state index is 0.0762. The molecule has 0 bridgehead atoms. The van der Waals surface area contributed by atoms with E-state index in [1.807, 2.05) is 98.8 Å². The van der Waals surface area contributed by atoms with Gasteiger partial charge in [0, 0.05) is 4.91 Å². The fourth-order valence-corrected chi connectivity index (χ4v) is 6.80. The summed E-state index contributed by atoms with van der Waals surface area (Å²) >= 11 is 0. The van der Waals surface area contributed by atoms with Crippen LogP contribution in [-0.4, -0.2) is 5.11 Å². The molecule has 0 radical (unpaired) electrons. The molecule has 0 aliphatic carbocycles. The Balaban J connectivity index is 0.000000171. The van der Waals surface area contributed by atoms with Crippen LogP contribution in [0.15, 0.2) is 163 Å². The van der Waals surface area contributed by atoms with Gasteiger partial charge in [-0.2, -0.15) is 0 Å². The van der Waals surface area contributed by atoms with Gasteiger partial charge in [-0.05, 0) is 66.6 Å². The number of nitrogens with zero attached hydrogens (tertiary/aromatic N) is 3. The van der Waals surface area contributed by atoms with Gasteiger partial charge in [0.05, 0.1) is 6.10 Å². The number of hydrogen-bond donors (Lipinski definition) is 1. The number of aliphatic hydroxyl groups is 1. The van der Waals surface area contributed by atoms with E-state index >= 15 is 0 Å². The standard InChI is InChI=1S/C22H21N3O.C22H20O/c1-16-8-6-12-19(14-16)22(24-25-23,20-13-7-9-17(2)15-20)21(26)18-10-4-3-5-11-18;1-16-8-6-12-19(14-16)22(20-13-7-9-17(2)15-20)21(23-22)18-10-4-3-5-11-18/h3-15,21,26H,1-2H3;3-15,21H,1-2H3/t2*21-/m00/s1. The largest absolute Gasteiger partial charge is 0.387 e. The first-order chi connectivity index (χ1) is 23.8. The van der Waals surface area contributed by atoms with Crippen LogP contribution >= 0.6 is 0 Å². The first-order valence-electron chi connectivity index (χ1n) is 16.6. The van der Waals surface area contributed by atoms with Crippen molar-refractivity contribution in [3.05, 3.63) is 224 Å². The van der Waals surface area contributed by atoms with E-state index in [-0.39, 0.29) is 11.7 Å². The zero-order valence-electron chi connectivity index (χ0n) is 28.4. The summed E-state index contributed by atoms with van der Waals surface area (Å²) in [5, 5.41) is 15.6. The Morgan fingerprint density at radius 3 is 1.51 bits per heavy atom. The quantitative estimate of drug-likeness (QED) is 0.0775. The third-order valence-electron chi connectivity index (χ3n) is 9.24. The Bertz CT molecular complexity index is 2000. The molecule has 6 aromatic rings. The van der Waals surface area contributed by atoms with E-state index in [4.69, 9.17) is 4.74 Å². The number of epoxide rings is 1. The Morgan fingerprint density at radius 2 is 1.06 bits per heavy atom. The molecule has 0 aromatic heterocycles. The predicted molar refractivity (Wildman–Crippen MR) is 197 cm³/mol. The summed E-state index contributed by atoms with van der Waals surface area (Å²) in [7, 11) is 0. The van der Waals surface area contributed by atoms with E-state index in [9.17, 15) is 10.6 Å². The molecule has 1 aliphatic heterocycles. The monoisotopic (exact) mass is 643 g/mol. The molecule has 49 heavy (non-hydrogen) atoms. The molecule has 2 atom stereocenters. The molecule has 7 rings (SSSR count). The fraction of sp³-hybridized carbons (Fsp3) is 0.182. The van der Waals surface area contributed by atoms with Crippen molar-refractivity contribution in [3.8, 4) is 0 Å². The van der Waals surface area contributed by atoms with Crippen molar-refractivity contribution in [2.75, 3.05) is 0 Å². The molecule has 1 heterocycles. The maximum atomic E-state index is 11.4. The molecule has 5 nitrogen and oxygen atoms in total. The van der Waals surface area contributed by atoms with Gasteiger partial charge in [-0.3, -0.25) is 0 Å². The second-order valence-electron chi connectivity index (χ2n) is 12.9. The van der Waals surface area contributed by atoms with Crippen LogP contribution in [0.1, 0.15) is 67.8 Å². The highest BCUT2D eigenvalue weighted by molar-refractivity contribution is 5.49. The van der Waals surface area contributed by atoms with Crippen molar-refractivity contribution in [3.63, 3.8) is 0 Å². The highest BCUT2D eigenvalue weighted by Crippen LogP contribution is 2.61. The molecule has 0 saturated carbocycles. The van der Waals surface area contributed by atoms with Crippen LogP contribution in [-0.2, 0) is 15.9 Å². The maximum Gasteiger partial charge on any atom is 0.149 e. The molecule has 1 fully saturated rings. The summed E-state index contributed by atoms with van der Waals surface area (Å²) in [6.45, 7) is 8.23. The first kappa shape index (κ1) is 33.5. The van der Waals surface area contributed by atoms with Crippen molar-refractivity contribution in [2.45, 2.75) is 51.0 Å². The normalized spacial score (nSPS) is 15.2. The smallest absolute Gasteiger partial charge is 0.149 e. The average Bonchev–Trinajstić information content (AvgIpc) is 3.89. The predicted octanol–water partition coefficient (Wildman–Crippen LogP) is 10.9. The van der Waals surface area contributed by atoms with Crippen molar-refractivity contribution in [2.24, 2.45) is 5.11 Å². The van der Waals surface area contributed by atoms with E-state index in [1.165, 1.54) is 27.8 Å². The molecule has 0 unspecified atom stereocenters. The van der Waals surface area contributed by atoms with Crippen LogP contribution in [0.25, 0.3) is 10.4 Å². The third kappa shape index (κ3) is 6.78. The fourth-order valence-electron chi connectivity index (χ4n) is 6.80. The lowest BCUT2D eigenvalue weighted by Gasteiger charge is -2.35.